The highest BCUT2D eigenvalue weighted by molar-refractivity contribution is 8.00. The van der Waals surface area contributed by atoms with Gasteiger partial charge in [-0.2, -0.15) is 0 Å². The molecule has 0 radical (unpaired) electrons. The van der Waals surface area contributed by atoms with Crippen LogP contribution in [0.5, 0.6) is 0 Å². The first-order chi connectivity index (χ1) is 12.8. The van der Waals surface area contributed by atoms with Gasteiger partial charge in [0.05, 0.1) is 16.0 Å². The number of carboxylic acids is 1. The molecule has 3 nitrogen and oxygen atoms in total. The Kier molecular flexibility index (Phi) is 5.28. The monoisotopic (exact) mass is 426 g/mol. The molecule has 146 valence electrons. The highest BCUT2D eigenvalue weighted by Crippen LogP contribution is 2.53. The Labute approximate surface area is 174 Å². The van der Waals surface area contributed by atoms with Gasteiger partial charge in [-0.05, 0) is 56.1 Å². The number of carbonyl (C=O) groups is 2. The second kappa shape index (κ2) is 7.27. The molecule has 0 aliphatic heterocycles. The van der Waals surface area contributed by atoms with Crippen LogP contribution < -0.4 is 0 Å². The van der Waals surface area contributed by atoms with Crippen LogP contribution >= 0.6 is 35.0 Å². The predicted molar refractivity (Wildman–Crippen MR) is 109 cm³/mol. The van der Waals surface area contributed by atoms with Crippen LogP contribution in [0.25, 0.3) is 0 Å². The Morgan fingerprint density at radius 1 is 1.19 bits per heavy atom. The van der Waals surface area contributed by atoms with Gasteiger partial charge in [0, 0.05) is 21.1 Å². The maximum atomic E-state index is 13.2. The molecule has 0 bridgehead atoms. The fourth-order valence-corrected chi connectivity index (χ4v) is 7.23. The molecule has 0 spiro atoms. The van der Waals surface area contributed by atoms with Crippen molar-refractivity contribution in [3.8, 4) is 0 Å². The minimum atomic E-state index is -0.714. The third-order valence-corrected chi connectivity index (χ3v) is 9.16. The van der Waals surface area contributed by atoms with E-state index in [2.05, 4.69) is 6.92 Å². The number of Topliss-reactive ketones (excluding diaryl/α,β-unsaturated/α-hetero) is 1. The summed E-state index contributed by atoms with van der Waals surface area (Å²) in [6.45, 7) is 2.09. The Balaban J connectivity index is 1.61. The van der Waals surface area contributed by atoms with Gasteiger partial charge in [-0.25, -0.2) is 0 Å². The van der Waals surface area contributed by atoms with E-state index >= 15 is 0 Å². The van der Waals surface area contributed by atoms with Gasteiger partial charge in [-0.15, -0.1) is 11.8 Å². The van der Waals surface area contributed by atoms with E-state index in [9.17, 15) is 14.7 Å². The van der Waals surface area contributed by atoms with E-state index in [-0.39, 0.29) is 22.4 Å². The molecular formula is C21H24Cl2O3S. The van der Waals surface area contributed by atoms with E-state index in [1.165, 1.54) is 12.8 Å². The molecule has 3 aliphatic rings. The van der Waals surface area contributed by atoms with Crippen LogP contribution in [-0.4, -0.2) is 22.1 Å². The lowest BCUT2D eigenvalue weighted by molar-refractivity contribution is -0.141. The molecule has 3 aliphatic carbocycles. The van der Waals surface area contributed by atoms with E-state index in [0.29, 0.717) is 34.4 Å². The van der Waals surface area contributed by atoms with E-state index in [1.807, 2.05) is 6.07 Å². The van der Waals surface area contributed by atoms with Crippen molar-refractivity contribution in [3.63, 3.8) is 0 Å². The van der Waals surface area contributed by atoms with Gasteiger partial charge in [0.1, 0.15) is 0 Å². The van der Waals surface area contributed by atoms with E-state index in [4.69, 9.17) is 23.2 Å². The molecule has 2 fully saturated rings. The van der Waals surface area contributed by atoms with Crippen molar-refractivity contribution < 1.29 is 14.7 Å². The summed E-state index contributed by atoms with van der Waals surface area (Å²) in [5.74, 6) is -0.401. The van der Waals surface area contributed by atoms with Gasteiger partial charge < -0.3 is 5.11 Å². The predicted octanol–water partition coefficient (Wildman–Crippen LogP) is 6.27. The number of fused-ring (bicyclic) bond motifs is 1. The Morgan fingerprint density at radius 3 is 2.52 bits per heavy atom. The largest absolute Gasteiger partial charge is 0.481 e. The maximum absolute atomic E-state index is 13.2. The van der Waals surface area contributed by atoms with Crippen LogP contribution in [0.4, 0.5) is 0 Å². The molecule has 2 unspecified atom stereocenters. The molecular weight excluding hydrogens is 403 g/mol. The van der Waals surface area contributed by atoms with E-state index in [0.717, 1.165) is 36.1 Å². The zero-order valence-corrected chi connectivity index (χ0v) is 17.7. The van der Waals surface area contributed by atoms with Crippen LogP contribution in [0, 0.1) is 17.3 Å². The second-order valence-corrected chi connectivity index (χ2v) is 10.6. The summed E-state index contributed by atoms with van der Waals surface area (Å²) in [6, 6.07) is 2.04. The summed E-state index contributed by atoms with van der Waals surface area (Å²) in [6.07, 6.45) is 7.59. The van der Waals surface area contributed by atoms with Gasteiger partial charge >= 0.3 is 5.97 Å². The minimum absolute atomic E-state index is 0.152. The van der Waals surface area contributed by atoms with Gasteiger partial charge in [0.25, 0.3) is 0 Å². The second-order valence-electron chi connectivity index (χ2n) is 8.53. The van der Waals surface area contributed by atoms with Crippen LogP contribution in [0.15, 0.2) is 11.0 Å². The maximum Gasteiger partial charge on any atom is 0.306 e. The fourth-order valence-electron chi connectivity index (χ4n) is 5.23. The van der Waals surface area contributed by atoms with Crippen molar-refractivity contribution in [1.82, 2.24) is 0 Å². The van der Waals surface area contributed by atoms with Crippen molar-refractivity contribution >= 4 is 46.7 Å². The third-order valence-electron chi connectivity index (χ3n) is 6.84. The average Bonchev–Trinajstić information content (AvgIpc) is 3.34. The number of halogens is 2. The number of benzene rings is 1. The zero-order valence-electron chi connectivity index (χ0n) is 15.4. The number of ketones is 1. The summed E-state index contributed by atoms with van der Waals surface area (Å²) < 4.78 is 0. The highest BCUT2D eigenvalue weighted by Gasteiger charge is 2.49. The summed E-state index contributed by atoms with van der Waals surface area (Å²) in [5.41, 5.74) is 1.27. The molecule has 0 saturated heterocycles. The molecule has 2 saturated carbocycles. The molecule has 1 N–H and O–H groups in total. The van der Waals surface area contributed by atoms with Crippen LogP contribution in [0.1, 0.15) is 67.8 Å². The number of aliphatic carboxylic acids is 1. The van der Waals surface area contributed by atoms with Gasteiger partial charge in [0.15, 0.2) is 5.78 Å². The van der Waals surface area contributed by atoms with Crippen molar-refractivity contribution in [1.29, 1.82) is 0 Å². The topological polar surface area (TPSA) is 54.4 Å². The normalized spacial score (nSPS) is 30.9. The van der Waals surface area contributed by atoms with Gasteiger partial charge in [0.2, 0.25) is 0 Å². The third kappa shape index (κ3) is 3.32. The number of hydrogen-bond donors (Lipinski definition) is 1. The quantitative estimate of drug-likeness (QED) is 0.615. The molecule has 6 heteroatoms. The highest BCUT2D eigenvalue weighted by atomic mass is 35.5. The lowest BCUT2D eigenvalue weighted by atomic mass is 9.73. The lowest BCUT2D eigenvalue weighted by Gasteiger charge is -2.29. The van der Waals surface area contributed by atoms with Crippen LogP contribution in [0.3, 0.4) is 0 Å². The van der Waals surface area contributed by atoms with E-state index < -0.39 is 5.97 Å². The molecule has 1 aromatic carbocycles. The molecule has 3 atom stereocenters. The first-order valence-corrected chi connectivity index (χ1v) is 11.4. The smallest absolute Gasteiger partial charge is 0.306 e. The molecule has 0 heterocycles. The van der Waals surface area contributed by atoms with Crippen molar-refractivity contribution in [2.45, 2.75) is 68.4 Å². The number of thioether (sulfide) groups is 1. The van der Waals surface area contributed by atoms with Crippen molar-refractivity contribution in [2.24, 2.45) is 17.3 Å². The SMILES string of the molecule is C[C@@]1(C2CCCC2)Cc2cc(SC3CCC(C(=O)O)C3)c(Cl)c(Cl)c2C1=O. The zero-order chi connectivity index (χ0) is 19.3. The summed E-state index contributed by atoms with van der Waals surface area (Å²) in [4.78, 5) is 25.3. The average molecular weight is 427 g/mol. The number of carboxylic acid groups (broad SMARTS) is 1. The molecule has 4 rings (SSSR count). The van der Waals surface area contributed by atoms with Gasteiger partial charge in [-0.1, -0.05) is 43.0 Å². The molecule has 1 aromatic rings. The van der Waals surface area contributed by atoms with Crippen LogP contribution in [-0.2, 0) is 11.2 Å². The summed E-state index contributed by atoms with van der Waals surface area (Å²) >= 11 is 14.7. The Morgan fingerprint density at radius 2 is 1.89 bits per heavy atom. The number of carbonyl (C=O) groups excluding carboxylic acids is 1. The molecule has 0 aromatic heterocycles. The number of rotatable bonds is 4. The van der Waals surface area contributed by atoms with Crippen LogP contribution in [0.2, 0.25) is 10.0 Å². The molecule has 27 heavy (non-hydrogen) atoms. The first kappa shape index (κ1) is 19.6. The first-order valence-electron chi connectivity index (χ1n) is 9.76. The summed E-state index contributed by atoms with van der Waals surface area (Å²) in [5, 5.41) is 10.3. The Bertz CT molecular complexity index is 803. The standard InChI is InChI=1S/C21H24Cl2O3S/c1-21(13-4-2-3-5-13)10-12-9-15(17(22)18(23)16(12)19(21)24)27-14-7-6-11(8-14)20(25)26/h9,11,13-14H,2-8,10H2,1H3,(H,25,26)/t11?,14?,21-/m0/s1. The summed E-state index contributed by atoms with van der Waals surface area (Å²) in [7, 11) is 0. The molecule has 0 amide bonds. The fraction of sp³-hybridized carbons (Fsp3) is 0.619. The Hall–Kier alpha value is -0.710. The van der Waals surface area contributed by atoms with Gasteiger partial charge in [-0.3, -0.25) is 9.59 Å². The number of hydrogen-bond acceptors (Lipinski definition) is 3. The van der Waals surface area contributed by atoms with Crippen molar-refractivity contribution in [2.75, 3.05) is 0 Å². The van der Waals surface area contributed by atoms with E-state index in [1.54, 1.807) is 11.8 Å². The van der Waals surface area contributed by atoms with Crippen molar-refractivity contribution in [3.05, 3.63) is 27.2 Å². The lowest BCUT2D eigenvalue weighted by Crippen LogP contribution is -2.32. The minimum Gasteiger partial charge on any atom is -0.481 e.